The third-order valence-electron chi connectivity index (χ3n) is 4.69. The minimum Gasteiger partial charge on any atom is -0.317 e. The van der Waals surface area contributed by atoms with E-state index >= 15 is 0 Å². The van der Waals surface area contributed by atoms with Crippen LogP contribution in [0.1, 0.15) is 61.6 Å². The second kappa shape index (κ2) is 7.95. The highest BCUT2D eigenvalue weighted by molar-refractivity contribution is 9.10. The highest BCUT2D eigenvalue weighted by Gasteiger charge is 2.33. The molecule has 0 radical (unpaired) electrons. The fraction of sp³-hybridized carbons (Fsp3) is 0.765. The third kappa shape index (κ3) is 4.57. The Morgan fingerprint density at radius 2 is 2.00 bits per heavy atom. The van der Waals surface area contributed by atoms with E-state index in [0.717, 1.165) is 0 Å². The second-order valence-corrected chi connectivity index (χ2v) is 8.53. The van der Waals surface area contributed by atoms with Gasteiger partial charge >= 0.3 is 0 Å². The Kier molecular flexibility index (Phi) is 6.57. The summed E-state index contributed by atoms with van der Waals surface area (Å²) >= 11 is 5.68. The van der Waals surface area contributed by atoms with E-state index in [1.54, 1.807) is 4.88 Å². The number of rotatable bonds is 8. The minimum atomic E-state index is 0.623. The molecule has 1 N–H and O–H groups in total. The van der Waals surface area contributed by atoms with Crippen molar-refractivity contribution in [2.45, 2.75) is 65.2 Å². The average Bonchev–Trinajstić information content (AvgIpc) is 3.00. The highest BCUT2D eigenvalue weighted by Crippen LogP contribution is 2.45. The van der Waals surface area contributed by atoms with E-state index in [-0.39, 0.29) is 0 Å². The molecular formula is C17H28BrNS. The first-order valence-electron chi connectivity index (χ1n) is 8.11. The van der Waals surface area contributed by atoms with Crippen molar-refractivity contribution in [3.63, 3.8) is 0 Å². The third-order valence-corrected chi connectivity index (χ3v) is 6.77. The summed E-state index contributed by atoms with van der Waals surface area (Å²) in [6.45, 7) is 6.83. The van der Waals surface area contributed by atoms with E-state index in [0.29, 0.717) is 5.41 Å². The molecule has 0 bridgehead atoms. The maximum absolute atomic E-state index is 3.72. The Balaban J connectivity index is 1.87. The molecule has 0 saturated heterocycles. The van der Waals surface area contributed by atoms with E-state index in [1.165, 1.54) is 73.8 Å². The summed E-state index contributed by atoms with van der Waals surface area (Å²) in [6, 6.07) is 2.27. The summed E-state index contributed by atoms with van der Waals surface area (Å²) in [4.78, 5) is 2.98. The first kappa shape index (κ1) is 16.5. The van der Waals surface area contributed by atoms with Crippen LogP contribution in [0.15, 0.2) is 10.5 Å². The van der Waals surface area contributed by atoms with Gasteiger partial charge in [-0.15, -0.1) is 11.3 Å². The van der Waals surface area contributed by atoms with Gasteiger partial charge in [0.2, 0.25) is 0 Å². The van der Waals surface area contributed by atoms with E-state index in [9.17, 15) is 0 Å². The van der Waals surface area contributed by atoms with Crippen molar-refractivity contribution in [1.29, 1.82) is 0 Å². The van der Waals surface area contributed by atoms with E-state index in [2.05, 4.69) is 41.2 Å². The number of aryl methyl sites for hydroxylation is 2. The molecule has 0 unspecified atom stereocenters. The Morgan fingerprint density at radius 3 is 2.60 bits per heavy atom. The van der Waals surface area contributed by atoms with Gasteiger partial charge in [0.25, 0.3) is 0 Å². The zero-order valence-corrected chi connectivity index (χ0v) is 15.3. The summed E-state index contributed by atoms with van der Waals surface area (Å²) in [5, 5.41) is 3.59. The molecular weight excluding hydrogens is 330 g/mol. The topological polar surface area (TPSA) is 12.0 Å². The number of thiophene rings is 1. The molecule has 0 aliphatic heterocycles. The van der Waals surface area contributed by atoms with Gasteiger partial charge in [-0.1, -0.05) is 19.8 Å². The van der Waals surface area contributed by atoms with Crippen LogP contribution in [0.5, 0.6) is 0 Å². The Morgan fingerprint density at radius 1 is 1.25 bits per heavy atom. The van der Waals surface area contributed by atoms with Crippen LogP contribution < -0.4 is 5.32 Å². The number of hydrogen-bond acceptors (Lipinski definition) is 2. The summed E-state index contributed by atoms with van der Waals surface area (Å²) in [7, 11) is 0. The molecule has 1 heterocycles. The lowest BCUT2D eigenvalue weighted by Crippen LogP contribution is -2.25. The number of hydrogen-bond donors (Lipinski definition) is 1. The Hall–Kier alpha value is 0.140. The number of nitrogens with one attached hydrogen (secondary N) is 1. The molecule has 0 atom stereocenters. The van der Waals surface area contributed by atoms with Gasteiger partial charge in [0.1, 0.15) is 0 Å². The SMILES string of the molecule is CCCNCCC1(CCc2sc(C)cc2Br)CCCC1. The molecule has 1 aromatic heterocycles. The highest BCUT2D eigenvalue weighted by atomic mass is 79.9. The van der Waals surface area contributed by atoms with Gasteiger partial charge in [0.15, 0.2) is 0 Å². The van der Waals surface area contributed by atoms with Crippen molar-refractivity contribution >= 4 is 27.3 Å². The number of halogens is 1. The minimum absolute atomic E-state index is 0.623. The molecule has 0 spiro atoms. The molecule has 1 nitrogen and oxygen atoms in total. The van der Waals surface area contributed by atoms with Gasteiger partial charge in [-0.25, -0.2) is 0 Å². The van der Waals surface area contributed by atoms with Gasteiger partial charge in [-0.3, -0.25) is 0 Å². The molecule has 2 rings (SSSR count). The van der Waals surface area contributed by atoms with E-state index in [4.69, 9.17) is 0 Å². The van der Waals surface area contributed by atoms with Crippen LogP contribution in [0, 0.1) is 12.3 Å². The molecule has 1 aliphatic rings. The average molecular weight is 358 g/mol. The molecule has 1 saturated carbocycles. The molecule has 0 aromatic carbocycles. The molecule has 114 valence electrons. The van der Waals surface area contributed by atoms with E-state index < -0.39 is 0 Å². The van der Waals surface area contributed by atoms with Crippen LogP contribution in [0.2, 0.25) is 0 Å². The lowest BCUT2D eigenvalue weighted by Gasteiger charge is -2.29. The van der Waals surface area contributed by atoms with Crippen LogP contribution in [0.3, 0.4) is 0 Å². The van der Waals surface area contributed by atoms with Crippen molar-refractivity contribution in [3.05, 3.63) is 20.3 Å². The predicted octanol–water partition coefficient (Wildman–Crippen LogP) is 5.70. The van der Waals surface area contributed by atoms with Crippen molar-refractivity contribution in [1.82, 2.24) is 5.32 Å². The van der Waals surface area contributed by atoms with Crippen LogP contribution in [0.4, 0.5) is 0 Å². The fourth-order valence-electron chi connectivity index (χ4n) is 3.49. The first-order chi connectivity index (χ1) is 9.65. The van der Waals surface area contributed by atoms with Crippen molar-refractivity contribution in [2.24, 2.45) is 5.41 Å². The molecule has 1 aliphatic carbocycles. The van der Waals surface area contributed by atoms with Crippen LogP contribution >= 0.6 is 27.3 Å². The quantitative estimate of drug-likeness (QED) is 0.588. The second-order valence-electron chi connectivity index (χ2n) is 6.34. The van der Waals surface area contributed by atoms with E-state index in [1.807, 2.05) is 11.3 Å². The van der Waals surface area contributed by atoms with Crippen molar-refractivity contribution in [2.75, 3.05) is 13.1 Å². The monoisotopic (exact) mass is 357 g/mol. The van der Waals surface area contributed by atoms with Crippen molar-refractivity contribution in [3.8, 4) is 0 Å². The van der Waals surface area contributed by atoms with Gasteiger partial charge in [-0.05, 0) is 85.9 Å². The zero-order chi connectivity index (χ0) is 14.4. The van der Waals surface area contributed by atoms with Crippen LogP contribution in [-0.2, 0) is 6.42 Å². The smallest absolute Gasteiger partial charge is 0.0317 e. The molecule has 0 amide bonds. The summed E-state index contributed by atoms with van der Waals surface area (Å²) in [5.74, 6) is 0. The van der Waals surface area contributed by atoms with Gasteiger partial charge in [0, 0.05) is 14.2 Å². The maximum atomic E-state index is 3.72. The van der Waals surface area contributed by atoms with Crippen LogP contribution in [0.25, 0.3) is 0 Å². The Labute approximate surface area is 136 Å². The summed E-state index contributed by atoms with van der Waals surface area (Å²) in [5.41, 5.74) is 0.623. The fourth-order valence-corrected chi connectivity index (χ4v) is 5.35. The zero-order valence-electron chi connectivity index (χ0n) is 12.9. The normalized spacial score (nSPS) is 17.8. The molecule has 3 heteroatoms. The van der Waals surface area contributed by atoms with Gasteiger partial charge < -0.3 is 5.32 Å². The molecule has 1 aromatic rings. The lowest BCUT2D eigenvalue weighted by molar-refractivity contribution is 0.246. The van der Waals surface area contributed by atoms with Gasteiger partial charge in [0.05, 0.1) is 0 Å². The molecule has 1 fully saturated rings. The Bertz CT molecular complexity index is 407. The standard InChI is InChI=1S/C17H28BrNS/c1-3-11-19-12-10-17(7-4-5-8-17)9-6-16-15(18)13-14(2)20-16/h13,19H,3-12H2,1-2H3. The maximum Gasteiger partial charge on any atom is 0.0317 e. The first-order valence-corrected chi connectivity index (χ1v) is 9.72. The predicted molar refractivity (Wildman–Crippen MR) is 93.8 cm³/mol. The van der Waals surface area contributed by atoms with Gasteiger partial charge in [-0.2, -0.15) is 0 Å². The van der Waals surface area contributed by atoms with Crippen molar-refractivity contribution < 1.29 is 0 Å². The molecule has 20 heavy (non-hydrogen) atoms. The lowest BCUT2D eigenvalue weighted by atomic mass is 9.78. The van der Waals surface area contributed by atoms with Crippen LogP contribution in [-0.4, -0.2) is 13.1 Å². The summed E-state index contributed by atoms with van der Waals surface area (Å²) in [6.07, 6.45) is 11.0. The largest absolute Gasteiger partial charge is 0.317 e. The summed E-state index contributed by atoms with van der Waals surface area (Å²) < 4.78 is 1.33.